The maximum atomic E-state index is 14.3. The Balaban J connectivity index is 1.59. The van der Waals surface area contributed by atoms with E-state index in [4.69, 9.17) is 19.3 Å². The summed E-state index contributed by atoms with van der Waals surface area (Å²) in [7, 11) is -17.5. The first-order valence-corrected chi connectivity index (χ1v) is 22.3. The maximum Gasteiger partial charge on any atom is 0.490 e. The minimum Gasteiger partial charge on any atom is -0.445 e. The quantitative estimate of drug-likeness (QED) is 0.0542. The van der Waals surface area contributed by atoms with Crippen LogP contribution < -0.4 is 16.6 Å². The molecule has 6 atom stereocenters. The van der Waals surface area contributed by atoms with Gasteiger partial charge in [-0.1, -0.05) is 36.4 Å². The molecule has 70 heavy (non-hydrogen) atoms. The number of aryl methyl sites for hydroxylation is 1. The highest BCUT2D eigenvalue weighted by Crippen LogP contribution is 2.67. The molecule has 3 rings (SSSR count). The summed E-state index contributed by atoms with van der Waals surface area (Å²) in [6.07, 6.45) is -18.6. The number of amides is 1. The zero-order valence-electron chi connectivity index (χ0n) is 33.3. The van der Waals surface area contributed by atoms with Gasteiger partial charge in [-0.25, -0.2) is 23.3 Å². The van der Waals surface area contributed by atoms with Crippen molar-refractivity contribution in [3.05, 3.63) is 74.1 Å². The molecule has 20 nitrogen and oxygen atoms in total. The Morgan fingerprint density at radius 2 is 1.23 bits per heavy atom. The Morgan fingerprint density at radius 3 is 1.74 bits per heavy atom. The molecule has 0 spiro atoms. The first-order chi connectivity index (χ1) is 31.3. The SMILES string of the molecule is O=C(NC/C=C/c1cn([C@@H]2O[C@H](COP(=O)(O)OP(=O)(O)OP(=O)(O)O)[C@@H](O)[C@H]2O)c(=O)[nH]c1=O)OCc1ccc(CCC(F)(F)C(F)(F)C(F)(F)C(F)(F)C(F)(F)C(F)(F)C(F)(F)C(F)(F)F)cc1. The number of aliphatic hydroxyl groups is 2. The first-order valence-electron chi connectivity index (χ1n) is 17.8. The summed E-state index contributed by atoms with van der Waals surface area (Å²) in [5.41, 5.74) is -3.46. The second kappa shape index (κ2) is 20.5. The van der Waals surface area contributed by atoms with Gasteiger partial charge in [-0.3, -0.25) is 18.9 Å². The molecular formula is C30H29F17N3O17P3. The molecule has 0 bridgehead atoms. The fraction of sp³-hybridized carbons (Fsp3) is 0.567. The van der Waals surface area contributed by atoms with Crippen LogP contribution in [0.15, 0.2) is 46.1 Å². The van der Waals surface area contributed by atoms with Gasteiger partial charge in [0.05, 0.1) is 12.2 Å². The number of alkyl halides is 17. The number of nitrogens with one attached hydrogen (secondary N) is 2. The standard InChI is InChI=1S/C30H29F17N3O17P3/c31-23(32,24(33,34)25(35,36)26(37,38)27(39,40)28(41,42)29(43,44)30(45,46)47)8-7-13-3-5-14(6-4-13)11-63-22(55)48-9-1-2-15-10-50(21(54)49-19(15)53)20-18(52)17(51)16(65-20)12-64-69(59,60)67-70(61,62)66-68(56,57)58/h1-6,10,16-18,20,51-52H,7-9,11-12H2,(H,48,55)(H,59,60)(H,61,62)(H,49,53,54)(H2,56,57,58)/b2-1+/t16-,17-,18-,20-/m1/s1. The molecule has 40 heteroatoms. The lowest BCUT2D eigenvalue weighted by Gasteiger charge is -2.42. The Kier molecular flexibility index (Phi) is 17.7. The lowest BCUT2D eigenvalue weighted by atomic mass is 9.87. The van der Waals surface area contributed by atoms with E-state index in [0.717, 1.165) is 42.6 Å². The van der Waals surface area contributed by atoms with Gasteiger partial charge in [0.1, 0.15) is 24.9 Å². The number of hydrogen-bond donors (Lipinski definition) is 8. The molecule has 0 saturated carbocycles. The molecule has 2 unspecified atom stereocenters. The molecule has 1 aliphatic rings. The highest BCUT2D eigenvalue weighted by atomic mass is 31.3. The summed E-state index contributed by atoms with van der Waals surface area (Å²) >= 11 is 0. The van der Waals surface area contributed by atoms with Crippen LogP contribution in [-0.2, 0) is 49.3 Å². The molecule has 1 aromatic carbocycles. The number of aliphatic hydroxyl groups excluding tert-OH is 2. The Morgan fingerprint density at radius 1 is 0.729 bits per heavy atom. The largest absolute Gasteiger partial charge is 0.490 e. The van der Waals surface area contributed by atoms with Gasteiger partial charge in [-0.15, -0.1) is 0 Å². The predicted octanol–water partition coefficient (Wildman–Crippen LogP) is 5.38. The number of carbonyl (C=O) groups excluding carboxylic acids is 1. The number of rotatable bonds is 22. The van der Waals surface area contributed by atoms with Gasteiger partial charge >= 0.3 is 82.9 Å². The molecule has 1 fully saturated rings. The highest BCUT2D eigenvalue weighted by molar-refractivity contribution is 7.66. The minimum atomic E-state index is -8.75. The van der Waals surface area contributed by atoms with Crippen molar-refractivity contribution in [3.63, 3.8) is 0 Å². The van der Waals surface area contributed by atoms with E-state index in [0.29, 0.717) is 4.57 Å². The number of nitrogens with zero attached hydrogens (tertiary/aromatic N) is 1. The van der Waals surface area contributed by atoms with Crippen molar-refractivity contribution < 1.29 is 146 Å². The first kappa shape index (κ1) is 60.3. The molecule has 2 heterocycles. The topological polar surface area (TPSA) is 303 Å². The number of benzene rings is 1. The van der Waals surface area contributed by atoms with Gasteiger partial charge in [0.2, 0.25) is 0 Å². The number of hydrogen-bond acceptors (Lipinski definition) is 13. The average molecular weight is 1120 g/mol. The van der Waals surface area contributed by atoms with E-state index < -0.39 is 157 Å². The number of aromatic nitrogens is 2. The molecule has 2 aromatic rings. The molecule has 1 aromatic heterocycles. The lowest BCUT2D eigenvalue weighted by Crippen LogP contribution is -2.74. The number of phosphoric ester groups is 1. The van der Waals surface area contributed by atoms with Crippen molar-refractivity contribution in [2.24, 2.45) is 0 Å². The molecule has 8 N–H and O–H groups in total. The fourth-order valence-corrected chi connectivity index (χ4v) is 8.39. The van der Waals surface area contributed by atoms with E-state index in [9.17, 15) is 123 Å². The van der Waals surface area contributed by atoms with Crippen molar-refractivity contribution in [3.8, 4) is 0 Å². The Labute approximate surface area is 375 Å². The maximum absolute atomic E-state index is 14.3. The summed E-state index contributed by atoms with van der Waals surface area (Å²) in [6, 6.07) is 3.22. The summed E-state index contributed by atoms with van der Waals surface area (Å²) in [5.74, 6) is -57.2. The minimum absolute atomic E-state index is 0.0666. The number of alkyl carbamates (subject to hydrolysis) is 1. The van der Waals surface area contributed by atoms with Crippen LogP contribution in [0.4, 0.5) is 79.4 Å². The molecular weight excluding hydrogens is 1090 g/mol. The van der Waals surface area contributed by atoms with Crippen molar-refractivity contribution in [1.29, 1.82) is 0 Å². The van der Waals surface area contributed by atoms with Crippen molar-refractivity contribution >= 4 is 35.6 Å². The summed E-state index contributed by atoms with van der Waals surface area (Å²) in [4.78, 5) is 74.8. The van der Waals surface area contributed by atoms with E-state index in [1.54, 1.807) is 4.98 Å². The fourth-order valence-electron chi connectivity index (χ4n) is 5.36. The number of phosphoric acid groups is 3. The van der Waals surface area contributed by atoms with Crippen LogP contribution in [0.5, 0.6) is 0 Å². The van der Waals surface area contributed by atoms with Gasteiger partial charge in [0.15, 0.2) is 6.23 Å². The molecule has 0 radical (unpaired) electrons. The van der Waals surface area contributed by atoms with Gasteiger partial charge in [-0.05, 0) is 17.5 Å². The third-order valence-electron chi connectivity index (χ3n) is 8.99. The van der Waals surface area contributed by atoms with Gasteiger partial charge in [0, 0.05) is 19.2 Å². The van der Waals surface area contributed by atoms with E-state index >= 15 is 0 Å². The van der Waals surface area contributed by atoms with Crippen LogP contribution in [0.2, 0.25) is 0 Å². The Bertz CT molecular complexity index is 2510. The normalized spacial score (nSPS) is 21.1. The number of carbonyl (C=O) groups is 1. The Hall–Kier alpha value is -3.99. The molecule has 0 aliphatic carbocycles. The predicted molar refractivity (Wildman–Crippen MR) is 190 cm³/mol. The lowest BCUT2D eigenvalue weighted by molar-refractivity contribution is -0.461. The van der Waals surface area contributed by atoms with Crippen LogP contribution in [0.25, 0.3) is 6.08 Å². The van der Waals surface area contributed by atoms with Crippen LogP contribution in [0.3, 0.4) is 0 Å². The van der Waals surface area contributed by atoms with E-state index in [-0.39, 0.29) is 5.56 Å². The zero-order chi connectivity index (χ0) is 54.3. The third-order valence-corrected chi connectivity index (χ3v) is 12.8. The van der Waals surface area contributed by atoms with Crippen LogP contribution in [-0.4, -0.2) is 125 Å². The van der Waals surface area contributed by atoms with Gasteiger partial charge in [-0.2, -0.15) is 83.3 Å². The van der Waals surface area contributed by atoms with E-state index in [1.165, 1.54) is 0 Å². The number of H-pyrrole nitrogens is 1. The summed E-state index contributed by atoms with van der Waals surface area (Å²) in [6.45, 7) is -2.49. The number of halogens is 17. The summed E-state index contributed by atoms with van der Waals surface area (Å²) < 4.78 is 286. The van der Waals surface area contributed by atoms with Crippen molar-refractivity contribution in [2.45, 2.75) is 91.6 Å². The van der Waals surface area contributed by atoms with Gasteiger partial charge in [0.25, 0.3) is 5.56 Å². The highest BCUT2D eigenvalue weighted by Gasteiger charge is 2.95. The second-order valence-corrected chi connectivity index (χ2v) is 18.4. The van der Waals surface area contributed by atoms with Gasteiger partial charge < -0.3 is 44.6 Å². The smallest absolute Gasteiger partial charge is 0.445 e. The molecule has 1 amide bonds. The van der Waals surface area contributed by atoms with Crippen molar-refractivity contribution in [1.82, 2.24) is 14.9 Å². The monoisotopic (exact) mass is 1120 g/mol. The number of aromatic amines is 1. The second-order valence-electron chi connectivity index (χ2n) is 14.0. The molecule has 1 saturated heterocycles. The summed E-state index contributed by atoms with van der Waals surface area (Å²) in [5, 5.41) is 22.8. The van der Waals surface area contributed by atoms with Crippen molar-refractivity contribution in [2.75, 3.05) is 13.2 Å². The zero-order valence-corrected chi connectivity index (χ0v) is 36.0. The van der Waals surface area contributed by atoms with Crippen LogP contribution >= 0.6 is 23.5 Å². The third kappa shape index (κ3) is 12.8. The molecule has 400 valence electrons. The van der Waals surface area contributed by atoms with E-state index in [2.05, 4.69) is 18.5 Å². The van der Waals surface area contributed by atoms with Crippen LogP contribution in [0.1, 0.15) is 29.3 Å². The molecule has 1 aliphatic heterocycles. The van der Waals surface area contributed by atoms with Crippen LogP contribution in [0, 0.1) is 0 Å². The van der Waals surface area contributed by atoms with E-state index in [1.807, 2.05) is 0 Å². The number of ether oxygens (including phenoxy) is 2. The average Bonchev–Trinajstić information content (AvgIpc) is 3.47.